The van der Waals surface area contributed by atoms with Gasteiger partial charge in [0.05, 0.1) is 57.4 Å². The van der Waals surface area contributed by atoms with E-state index in [1.807, 2.05) is 146 Å². The highest BCUT2D eigenvalue weighted by molar-refractivity contribution is 7.87. The van der Waals surface area contributed by atoms with Gasteiger partial charge >= 0.3 is 0 Å². The number of phenolic OH excluding ortho intramolecular Hbond substituents is 2. The van der Waals surface area contributed by atoms with E-state index in [0.717, 1.165) is 70.1 Å². The molecule has 0 bridgehead atoms. The molecule has 0 fully saturated rings. The smallest absolute Gasteiger partial charge is 0.264 e. The number of benzene rings is 7. The number of rotatable bonds is 42. The molecule has 0 unspecified atom stereocenters. The Morgan fingerprint density at radius 2 is 0.638 bits per heavy atom. The van der Waals surface area contributed by atoms with Gasteiger partial charge in [0.2, 0.25) is 0 Å². The lowest BCUT2D eigenvalue weighted by molar-refractivity contribution is 0.471. The van der Waals surface area contributed by atoms with Gasteiger partial charge in [-0.2, -0.15) is 67.3 Å². The lowest BCUT2D eigenvalue weighted by Crippen LogP contribution is -2.08. The third kappa shape index (κ3) is 72.7. The van der Waals surface area contributed by atoms with Crippen molar-refractivity contribution in [2.24, 2.45) is 39.9 Å². The molecule has 7 aromatic carbocycles. The van der Waals surface area contributed by atoms with E-state index in [1.54, 1.807) is 91.3 Å². The molecule has 0 aliphatic rings. The summed E-state index contributed by atoms with van der Waals surface area (Å²) in [7, 11) is -31.0. The van der Waals surface area contributed by atoms with Gasteiger partial charge in [-0.05, 0) is 176 Å². The Morgan fingerprint density at radius 1 is 0.331 bits per heavy atom. The minimum atomic E-state index is -4.07. The number of hydrogen-bond acceptors (Lipinski definition) is 26. The molecule has 0 atom stereocenters. The number of hydrogen-bond donors (Lipinski definition) is 10. The quantitative estimate of drug-likeness (QED) is 0.00965. The van der Waals surface area contributed by atoms with Crippen molar-refractivity contribution in [2.75, 3.05) is 98.4 Å². The minimum absolute atomic E-state index is 0.0771. The Bertz CT molecular complexity index is 5720. The monoisotopic (exact) mass is 2010 g/mol. The molecule has 0 saturated carbocycles. The van der Waals surface area contributed by atoms with Crippen LogP contribution in [0, 0.1) is 5.82 Å². The molecule has 0 amide bonds. The molecule has 0 aliphatic heterocycles. The first-order valence-corrected chi connectivity index (χ1v) is 53.5. The van der Waals surface area contributed by atoms with Crippen molar-refractivity contribution in [3.63, 3.8) is 0 Å². The number of aliphatic imine (C=N–C) groups is 8. The maximum atomic E-state index is 13.5. The van der Waals surface area contributed by atoms with Crippen molar-refractivity contribution in [1.29, 1.82) is 0 Å². The van der Waals surface area contributed by atoms with Crippen LogP contribution in [0.5, 0.6) is 11.5 Å². The third-order valence-electron chi connectivity index (χ3n) is 16.0. The number of nitrogens with zero attached hydrogens (tertiary/aromatic N) is 8. The van der Waals surface area contributed by atoms with Crippen LogP contribution in [0.4, 0.5) is 4.39 Å². The zero-order valence-electron chi connectivity index (χ0n) is 73.0. The molecule has 10 N–H and O–H groups in total. The van der Waals surface area contributed by atoms with E-state index in [0.29, 0.717) is 110 Å². The fourth-order valence-corrected chi connectivity index (χ4v) is 13.6. The summed E-state index contributed by atoms with van der Waals surface area (Å²) in [6.45, 7) is 16.2. The average Bonchev–Trinajstić information content (AvgIpc) is 0.825. The van der Waals surface area contributed by atoms with Crippen LogP contribution in [0.2, 0.25) is 10.0 Å². The van der Waals surface area contributed by atoms with Gasteiger partial charge in [0.15, 0.2) is 0 Å². The van der Waals surface area contributed by atoms with Crippen LogP contribution < -0.4 is 0 Å². The van der Waals surface area contributed by atoms with E-state index in [4.69, 9.17) is 59.6 Å². The van der Waals surface area contributed by atoms with Crippen molar-refractivity contribution in [3.8, 4) is 11.5 Å². The molecule has 0 aliphatic carbocycles. The van der Waals surface area contributed by atoms with Gasteiger partial charge in [0, 0.05) is 120 Å². The fraction of sp³-hybridized carbons (Fsp3) is 0.388. The topological polar surface area (TPSA) is 574 Å². The minimum Gasteiger partial charge on any atom is -0.507 e. The first kappa shape index (κ1) is 121. The van der Waals surface area contributed by atoms with Gasteiger partial charge in [-0.25, -0.2) is 4.39 Å². The Morgan fingerprint density at radius 3 is 1.00 bits per heavy atom. The normalized spacial score (nSPS) is 12.5. The second-order valence-corrected chi connectivity index (χ2v) is 41.1. The summed E-state index contributed by atoms with van der Waals surface area (Å²) in [5.74, 6) is -2.72. The summed E-state index contributed by atoms with van der Waals surface area (Å²) in [6, 6.07) is 52.8. The number of para-hydroxylation sites is 1. The van der Waals surface area contributed by atoms with Crippen molar-refractivity contribution in [3.05, 3.63) is 243 Å². The van der Waals surface area contributed by atoms with Crippen LogP contribution in [-0.2, 0) is 80.9 Å². The van der Waals surface area contributed by atoms with Gasteiger partial charge in [-0.1, -0.05) is 171 Å². The molecule has 7 rings (SSSR count). The molecular formula is C85H117Cl2FN8O26S8. The fourth-order valence-electron chi connectivity index (χ4n) is 9.44. The summed E-state index contributed by atoms with van der Waals surface area (Å²) in [5, 5.41) is 21.1. The summed E-state index contributed by atoms with van der Waals surface area (Å²) >= 11 is 11.7. The second-order valence-electron chi connectivity index (χ2n) is 27.6. The molecule has 130 heavy (non-hydrogen) atoms. The average molecular weight is 2010 g/mol. The number of allylic oxidation sites excluding steroid dienone is 1. The molecule has 7 aromatic rings. The molecule has 0 heterocycles. The zero-order valence-corrected chi connectivity index (χ0v) is 81.0. The molecule has 0 aromatic heterocycles. The Labute approximate surface area is 774 Å². The Balaban J connectivity index is 0.00000149. The van der Waals surface area contributed by atoms with Crippen LogP contribution in [0.25, 0.3) is 6.08 Å². The van der Waals surface area contributed by atoms with Crippen molar-refractivity contribution >= 4 is 157 Å². The third-order valence-corrected chi connectivity index (χ3v) is 22.9. The van der Waals surface area contributed by atoms with Gasteiger partial charge in [0.1, 0.15) is 17.3 Å². The van der Waals surface area contributed by atoms with E-state index in [2.05, 4.69) is 39.9 Å². The zero-order chi connectivity index (χ0) is 98.5. The highest BCUT2D eigenvalue weighted by Crippen LogP contribution is 2.25. The predicted octanol–water partition coefficient (Wildman–Crippen LogP) is 14.7. The van der Waals surface area contributed by atoms with E-state index < -0.39 is 92.5 Å². The van der Waals surface area contributed by atoms with Crippen LogP contribution in [0.15, 0.2) is 228 Å². The van der Waals surface area contributed by atoms with Gasteiger partial charge in [-0.3, -0.25) is 76.4 Å². The lowest BCUT2D eigenvalue weighted by atomic mass is 10.0. The number of aromatic hydroxyl groups is 2. The molecule has 34 nitrogen and oxygen atoms in total. The van der Waals surface area contributed by atoms with Crippen LogP contribution in [-0.4, -0.2) is 259 Å². The van der Waals surface area contributed by atoms with Gasteiger partial charge in [-0.15, -0.1) is 0 Å². The first-order valence-electron chi connectivity index (χ1n) is 39.9. The second kappa shape index (κ2) is 65.6. The molecule has 0 radical (unpaired) electrons. The Kier molecular flexibility index (Phi) is 61.1. The highest BCUT2D eigenvalue weighted by atomic mass is 35.5. The summed E-state index contributed by atoms with van der Waals surface area (Å²) in [6.07, 6.45) is 11.2. The Hall–Kier alpha value is -8.97. The van der Waals surface area contributed by atoms with Crippen molar-refractivity contribution < 1.29 is 118 Å². The van der Waals surface area contributed by atoms with E-state index in [9.17, 15) is 81.9 Å². The van der Waals surface area contributed by atoms with Crippen molar-refractivity contribution in [2.45, 2.75) is 113 Å². The standard InChI is InChI=1S/C16H15ClFNO4S.C16H16ClNO4S.C12H15NO3S.C11H15NO3S.C10H13NO3S.2C7H15NO3S.C6H13NO3S/c17-12-4-2-11(3-5-12)16(19-8-1-9-24(21,22)23)14-10-13(18)6-7-15(14)20;17-13-8-6-12(7-9-13)16(14-4-1-2-5-15(14)19)18-10-3-11-23(20,21)22;14-17(15,16)11-5-10-13-9-4-8-12-6-2-1-3-7-12;1-10(11-6-3-2-4-7-11)12-8-5-9-16(13,14)15;12-15(13,14)8-4-7-11-9-10-5-2-1-3-6-10;2*1-3-7(2)8-5-4-6-12(9,10)11;1-6(2)7-4-3-5-11(8,9)10/h2-7,10,20H,1,8-9H2,(H,21,22,23);1-2,4-9,19H,3,10-11H2,(H,20,21,22);1-4,6-9H,5,10-11H2,(H,14,15,16);2-4,6-7H,5,8-9H2,1H3,(H,13,14,15);1-3,5-6,9H,4,7-8H2,(H,12,13,14);2*3-6H2,1-2H3,(H,9,10,11);3-5H2,1-2H3,(H,8,9,10)/b;;8-4+,13-9?;;;;;. The molecule has 722 valence electrons. The SMILES string of the molecule is CC(=NCCCS(=O)(=O)O)c1ccccc1.CC(C)=NCCCS(=O)(=O)O.CCC(C)=NCCCS(=O)(=O)O.CCC(C)=NCCCS(=O)(=O)O.O=S(=O)(O)CCCN=C(c1ccc(Cl)cc1)c1cc(F)ccc1O.O=S(=O)(O)CCCN=C(c1ccc(Cl)cc1)c1ccccc1O.O=S(=O)(O)CCCN=C/C=C/c1ccccc1.O=S(=O)(O)CCCN=Cc1ccccc1. The maximum Gasteiger partial charge on any atom is 0.264 e. The largest absolute Gasteiger partial charge is 0.507 e. The lowest BCUT2D eigenvalue weighted by Gasteiger charge is -2.10. The summed E-state index contributed by atoms with van der Waals surface area (Å²) in [5.41, 5.74) is 9.79. The van der Waals surface area contributed by atoms with Gasteiger partial charge in [0.25, 0.3) is 80.9 Å². The number of phenols is 2. The van der Waals surface area contributed by atoms with Crippen molar-refractivity contribution in [1.82, 2.24) is 0 Å². The maximum absolute atomic E-state index is 13.5. The highest BCUT2D eigenvalue weighted by Gasteiger charge is 2.16. The number of halogens is 3. The van der Waals surface area contributed by atoms with Gasteiger partial charge < -0.3 is 10.2 Å². The molecule has 45 heteroatoms. The first-order chi connectivity index (χ1) is 60.6. The van der Waals surface area contributed by atoms with E-state index >= 15 is 0 Å². The van der Waals surface area contributed by atoms with Crippen LogP contribution in [0.1, 0.15) is 152 Å². The molecule has 0 saturated heterocycles. The van der Waals surface area contributed by atoms with E-state index in [-0.39, 0.29) is 83.3 Å². The molecule has 0 spiro atoms. The van der Waals surface area contributed by atoms with Crippen LogP contribution >= 0.6 is 23.2 Å². The summed E-state index contributed by atoms with van der Waals surface area (Å²) < 4.78 is 248. The molecular weight excluding hydrogens is 1900 g/mol. The van der Waals surface area contributed by atoms with E-state index in [1.165, 1.54) is 6.07 Å². The van der Waals surface area contributed by atoms with Crippen LogP contribution in [0.3, 0.4) is 0 Å². The predicted molar refractivity (Wildman–Crippen MR) is 520 cm³/mol. The summed E-state index contributed by atoms with van der Waals surface area (Å²) in [4.78, 5) is 33.1.